The molecule has 0 spiro atoms. The van der Waals surface area contributed by atoms with E-state index in [4.69, 9.17) is 16.3 Å². The number of amides is 1. The maximum absolute atomic E-state index is 10.7. The van der Waals surface area contributed by atoms with E-state index in [0.29, 0.717) is 19.6 Å². The highest BCUT2D eigenvalue weighted by Crippen LogP contribution is 2.32. The molecule has 0 aromatic heterocycles. The predicted octanol–water partition coefficient (Wildman–Crippen LogP) is 7.38. The zero-order valence-corrected chi connectivity index (χ0v) is 20.6. The van der Waals surface area contributed by atoms with Gasteiger partial charge >= 0.3 is 0 Å². The van der Waals surface area contributed by atoms with Crippen LogP contribution in [0.25, 0.3) is 5.57 Å². The maximum atomic E-state index is 10.7. The van der Waals surface area contributed by atoms with Crippen LogP contribution in [0.4, 0.5) is 0 Å². The lowest BCUT2D eigenvalue weighted by Gasteiger charge is -2.10. The van der Waals surface area contributed by atoms with E-state index in [9.17, 15) is 4.79 Å². The lowest BCUT2D eigenvalue weighted by Crippen LogP contribution is -2.25. The topological polar surface area (TPSA) is 38.3 Å². The second kappa shape index (κ2) is 18.5. The number of halogens is 1. The van der Waals surface area contributed by atoms with Crippen LogP contribution in [0.2, 0.25) is 5.02 Å². The number of benzene rings is 2. The molecule has 2 rings (SSSR count). The summed E-state index contributed by atoms with van der Waals surface area (Å²) < 4.78 is 4.73. The van der Waals surface area contributed by atoms with E-state index in [0.717, 1.165) is 21.7 Å². The summed E-state index contributed by atoms with van der Waals surface area (Å²) in [4.78, 5) is 11.9. The standard InChI is InChI=1S/C17H15ClS.C7H13NO2.C2H6/c1-3-12-19-17-7-5-4-6-16(17)13(2)14-8-10-15(18)11-9-14;1-3-4-7(9)8-5-6-10-2;1-2/h3-12H,2H2,1H3;3H,1,4-6H2,2H3,(H,8,9);1-2H3/b12-3+;;. The van der Waals surface area contributed by atoms with Crippen molar-refractivity contribution in [2.75, 3.05) is 20.3 Å². The Kier molecular flexibility index (Phi) is 17.1. The Labute approximate surface area is 197 Å². The van der Waals surface area contributed by atoms with Crippen LogP contribution in [0.3, 0.4) is 0 Å². The number of carbonyl (C=O) groups excluding carboxylic acids is 1. The summed E-state index contributed by atoms with van der Waals surface area (Å²) in [7, 11) is 1.60. The molecule has 0 saturated heterocycles. The van der Waals surface area contributed by atoms with Gasteiger partial charge in [0.15, 0.2) is 0 Å². The van der Waals surface area contributed by atoms with Gasteiger partial charge in [0.2, 0.25) is 5.91 Å². The Morgan fingerprint density at radius 2 is 1.81 bits per heavy atom. The molecule has 0 fully saturated rings. The molecule has 1 N–H and O–H groups in total. The van der Waals surface area contributed by atoms with Crippen LogP contribution < -0.4 is 5.32 Å². The minimum atomic E-state index is -0.00736. The lowest BCUT2D eigenvalue weighted by atomic mass is 10.00. The van der Waals surface area contributed by atoms with Crippen LogP contribution in [-0.2, 0) is 9.53 Å². The number of rotatable bonds is 9. The minimum Gasteiger partial charge on any atom is -0.383 e. The number of hydrogen-bond acceptors (Lipinski definition) is 3. The highest BCUT2D eigenvalue weighted by atomic mass is 35.5. The molecule has 168 valence electrons. The molecule has 0 atom stereocenters. The van der Waals surface area contributed by atoms with Crippen molar-refractivity contribution in [1.82, 2.24) is 5.32 Å². The molecule has 0 saturated carbocycles. The van der Waals surface area contributed by atoms with Gasteiger partial charge in [0.05, 0.1) is 6.61 Å². The van der Waals surface area contributed by atoms with E-state index in [2.05, 4.69) is 36.0 Å². The first kappa shape index (κ1) is 28.7. The van der Waals surface area contributed by atoms with Crippen molar-refractivity contribution < 1.29 is 9.53 Å². The second-order valence-electron chi connectivity index (χ2n) is 5.90. The van der Waals surface area contributed by atoms with Gasteiger partial charge in [0, 0.05) is 30.0 Å². The maximum Gasteiger partial charge on any atom is 0.223 e. The first-order valence-corrected chi connectivity index (χ1v) is 11.5. The third-order valence-electron chi connectivity index (χ3n) is 3.69. The van der Waals surface area contributed by atoms with Gasteiger partial charge in [0.25, 0.3) is 0 Å². The molecule has 5 heteroatoms. The van der Waals surface area contributed by atoms with Crippen LogP contribution in [0, 0.1) is 0 Å². The molecule has 0 aliphatic carbocycles. The van der Waals surface area contributed by atoms with Crippen molar-refractivity contribution in [2.24, 2.45) is 0 Å². The van der Waals surface area contributed by atoms with Crippen molar-refractivity contribution in [3.05, 3.63) is 95.4 Å². The van der Waals surface area contributed by atoms with Gasteiger partial charge in [-0.25, -0.2) is 0 Å². The highest BCUT2D eigenvalue weighted by molar-refractivity contribution is 8.02. The molecule has 2 aromatic rings. The molecular weight excluding hydrogens is 426 g/mol. The van der Waals surface area contributed by atoms with E-state index < -0.39 is 0 Å². The van der Waals surface area contributed by atoms with Crippen LogP contribution >= 0.6 is 23.4 Å². The number of thioether (sulfide) groups is 1. The van der Waals surface area contributed by atoms with Crippen molar-refractivity contribution in [2.45, 2.75) is 32.1 Å². The van der Waals surface area contributed by atoms with Crippen LogP contribution in [-0.4, -0.2) is 26.2 Å². The summed E-state index contributed by atoms with van der Waals surface area (Å²) >= 11 is 7.62. The van der Waals surface area contributed by atoms with E-state index in [1.165, 1.54) is 4.90 Å². The summed E-state index contributed by atoms with van der Waals surface area (Å²) in [5.74, 6) is -0.00736. The summed E-state index contributed by atoms with van der Waals surface area (Å²) in [6, 6.07) is 16.1. The van der Waals surface area contributed by atoms with Gasteiger partial charge in [0.1, 0.15) is 0 Å². The Morgan fingerprint density at radius 1 is 1.16 bits per heavy atom. The number of nitrogens with one attached hydrogen (secondary N) is 1. The van der Waals surface area contributed by atoms with Crippen molar-refractivity contribution >= 4 is 34.8 Å². The van der Waals surface area contributed by atoms with E-state index in [-0.39, 0.29) is 5.91 Å². The second-order valence-corrected chi connectivity index (χ2v) is 7.29. The van der Waals surface area contributed by atoms with Crippen LogP contribution in [0.5, 0.6) is 0 Å². The number of ether oxygens (including phenoxy) is 1. The molecule has 1 amide bonds. The summed E-state index contributed by atoms with van der Waals surface area (Å²) in [5.41, 5.74) is 3.27. The average molecular weight is 460 g/mol. The van der Waals surface area contributed by atoms with E-state index in [1.54, 1.807) is 24.9 Å². The fourth-order valence-corrected chi connectivity index (χ4v) is 3.15. The molecule has 0 radical (unpaired) electrons. The highest BCUT2D eigenvalue weighted by Gasteiger charge is 2.07. The fraction of sp³-hybridized carbons (Fsp3) is 0.269. The Hall–Kier alpha value is -2.27. The lowest BCUT2D eigenvalue weighted by molar-refractivity contribution is -0.120. The molecular formula is C26H34ClNO2S. The van der Waals surface area contributed by atoms with Gasteiger partial charge in [-0.05, 0) is 47.2 Å². The van der Waals surface area contributed by atoms with Crippen LogP contribution in [0.15, 0.2) is 84.1 Å². The smallest absolute Gasteiger partial charge is 0.223 e. The number of hydrogen-bond donors (Lipinski definition) is 1. The van der Waals surface area contributed by atoms with Crippen molar-refractivity contribution in [3.63, 3.8) is 0 Å². The Bertz CT molecular complexity index is 816. The van der Waals surface area contributed by atoms with Crippen LogP contribution in [0.1, 0.15) is 38.3 Å². The average Bonchev–Trinajstić information content (AvgIpc) is 2.80. The largest absolute Gasteiger partial charge is 0.383 e. The van der Waals surface area contributed by atoms with E-state index in [1.807, 2.05) is 63.2 Å². The predicted molar refractivity (Wildman–Crippen MR) is 138 cm³/mol. The van der Waals surface area contributed by atoms with Gasteiger partial charge in [-0.1, -0.05) is 86.3 Å². The summed E-state index contributed by atoms with van der Waals surface area (Å²) in [6.45, 7) is 14.8. The monoisotopic (exact) mass is 459 g/mol. The SMILES string of the molecule is C=C(c1ccc(Cl)cc1)c1ccccc1S/C=C/C.C=CCC(=O)NCCOC.CC. The molecule has 31 heavy (non-hydrogen) atoms. The molecule has 0 aliphatic rings. The quantitative estimate of drug-likeness (QED) is 0.241. The molecule has 0 aliphatic heterocycles. The Balaban J connectivity index is 0.000000639. The summed E-state index contributed by atoms with van der Waals surface area (Å²) in [6.07, 6.45) is 3.98. The summed E-state index contributed by atoms with van der Waals surface area (Å²) in [5, 5.41) is 5.47. The van der Waals surface area contributed by atoms with Gasteiger partial charge in [-0.2, -0.15) is 0 Å². The number of methoxy groups -OCH3 is 1. The van der Waals surface area contributed by atoms with Crippen molar-refractivity contribution in [1.29, 1.82) is 0 Å². The Morgan fingerprint density at radius 3 is 2.39 bits per heavy atom. The minimum absolute atomic E-state index is 0.00736. The molecule has 0 bridgehead atoms. The number of carbonyl (C=O) groups is 1. The third-order valence-corrected chi connectivity index (χ3v) is 4.96. The number of allylic oxidation sites excluding steroid dienone is 1. The first-order chi connectivity index (χ1) is 15.0. The zero-order valence-electron chi connectivity index (χ0n) is 19.0. The van der Waals surface area contributed by atoms with Gasteiger partial charge < -0.3 is 10.1 Å². The van der Waals surface area contributed by atoms with E-state index >= 15 is 0 Å². The fourth-order valence-electron chi connectivity index (χ4n) is 2.26. The normalized spacial score (nSPS) is 9.71. The zero-order chi connectivity index (χ0) is 23.5. The molecule has 2 aromatic carbocycles. The van der Waals surface area contributed by atoms with Gasteiger partial charge in [-0.15, -0.1) is 6.58 Å². The van der Waals surface area contributed by atoms with Crippen molar-refractivity contribution in [3.8, 4) is 0 Å². The molecule has 3 nitrogen and oxygen atoms in total. The molecule has 0 heterocycles. The third kappa shape index (κ3) is 12.2. The first-order valence-electron chi connectivity index (χ1n) is 10.2. The molecule has 0 unspecified atom stereocenters. The van der Waals surface area contributed by atoms with Gasteiger partial charge in [-0.3, -0.25) is 4.79 Å².